The van der Waals surface area contributed by atoms with E-state index in [0.29, 0.717) is 5.56 Å². The van der Waals surface area contributed by atoms with E-state index in [1.807, 2.05) is 32.0 Å². The molecular weight excluding hydrogens is 188 g/mol. The van der Waals surface area contributed by atoms with Gasteiger partial charge in [-0.25, -0.2) is 0 Å². The van der Waals surface area contributed by atoms with Crippen LogP contribution in [0.4, 0.5) is 0 Å². The van der Waals surface area contributed by atoms with Gasteiger partial charge in [-0.15, -0.1) is 0 Å². The second-order valence-corrected chi connectivity index (χ2v) is 3.72. The number of Topliss-reactive ketones (excluding diaryl/α,β-unsaturated/α-hetero) is 1. The maximum absolute atomic E-state index is 12.0. The van der Waals surface area contributed by atoms with E-state index in [9.17, 15) is 4.79 Å². The van der Waals surface area contributed by atoms with Gasteiger partial charge >= 0.3 is 0 Å². The van der Waals surface area contributed by atoms with Gasteiger partial charge in [-0.05, 0) is 5.92 Å². The standard InChI is InChI=1S/C12H16N2O/c1-9(2)11(14-8-13)12(15)10-6-4-3-5-7-10/h3-9,11H,1-2H3,(H2,13,14). The number of rotatable bonds is 4. The maximum atomic E-state index is 12.0. The number of benzene rings is 1. The summed E-state index contributed by atoms with van der Waals surface area (Å²) < 4.78 is 0. The summed E-state index contributed by atoms with van der Waals surface area (Å²) in [4.78, 5) is 16.0. The molecule has 1 aromatic rings. The number of nitrogens with two attached hydrogens (primary N) is 1. The Bertz CT molecular complexity index is 344. The van der Waals surface area contributed by atoms with Crippen LogP contribution in [0.15, 0.2) is 35.3 Å². The van der Waals surface area contributed by atoms with Crippen LogP contribution in [0, 0.1) is 5.92 Å². The summed E-state index contributed by atoms with van der Waals surface area (Å²) in [6.45, 7) is 3.91. The molecule has 1 unspecified atom stereocenters. The van der Waals surface area contributed by atoms with Gasteiger partial charge in [0.1, 0.15) is 6.04 Å². The summed E-state index contributed by atoms with van der Waals surface area (Å²) in [6, 6.07) is 8.78. The lowest BCUT2D eigenvalue weighted by molar-refractivity contribution is 0.0942. The molecule has 0 heterocycles. The molecule has 3 nitrogen and oxygen atoms in total. The van der Waals surface area contributed by atoms with Crippen molar-refractivity contribution in [1.29, 1.82) is 0 Å². The first kappa shape index (κ1) is 11.4. The molecule has 1 rings (SSSR count). The maximum Gasteiger partial charge on any atom is 0.187 e. The van der Waals surface area contributed by atoms with Crippen LogP contribution in [0.5, 0.6) is 0 Å². The monoisotopic (exact) mass is 204 g/mol. The molecule has 15 heavy (non-hydrogen) atoms. The largest absolute Gasteiger partial charge is 0.390 e. The van der Waals surface area contributed by atoms with Gasteiger partial charge in [0.05, 0.1) is 6.34 Å². The van der Waals surface area contributed by atoms with Crippen molar-refractivity contribution >= 4 is 12.1 Å². The van der Waals surface area contributed by atoms with Crippen LogP contribution in [0.3, 0.4) is 0 Å². The zero-order chi connectivity index (χ0) is 11.3. The molecule has 1 atom stereocenters. The van der Waals surface area contributed by atoms with E-state index in [-0.39, 0.29) is 17.7 Å². The highest BCUT2D eigenvalue weighted by Gasteiger charge is 2.21. The number of carbonyl (C=O) groups is 1. The van der Waals surface area contributed by atoms with Gasteiger partial charge in [-0.1, -0.05) is 44.2 Å². The first-order valence-corrected chi connectivity index (χ1v) is 4.99. The highest BCUT2D eigenvalue weighted by atomic mass is 16.1. The lowest BCUT2D eigenvalue weighted by atomic mass is 9.96. The van der Waals surface area contributed by atoms with E-state index in [1.54, 1.807) is 12.1 Å². The quantitative estimate of drug-likeness (QED) is 0.462. The van der Waals surface area contributed by atoms with E-state index in [0.717, 1.165) is 0 Å². The van der Waals surface area contributed by atoms with Crippen LogP contribution < -0.4 is 5.73 Å². The molecule has 0 aromatic heterocycles. The smallest absolute Gasteiger partial charge is 0.187 e. The number of aliphatic imine (C=N–C) groups is 1. The van der Waals surface area contributed by atoms with Crippen LogP contribution in [0.1, 0.15) is 24.2 Å². The van der Waals surface area contributed by atoms with Crippen LogP contribution in [-0.2, 0) is 0 Å². The zero-order valence-corrected chi connectivity index (χ0v) is 9.05. The van der Waals surface area contributed by atoms with Crippen molar-refractivity contribution in [3.8, 4) is 0 Å². The van der Waals surface area contributed by atoms with Crippen molar-refractivity contribution in [2.24, 2.45) is 16.6 Å². The fourth-order valence-corrected chi connectivity index (χ4v) is 1.41. The second-order valence-electron chi connectivity index (χ2n) is 3.72. The first-order valence-electron chi connectivity index (χ1n) is 4.99. The Morgan fingerprint density at radius 3 is 2.40 bits per heavy atom. The fraction of sp³-hybridized carbons (Fsp3) is 0.333. The molecular formula is C12H16N2O. The highest BCUT2D eigenvalue weighted by molar-refractivity contribution is 6.00. The summed E-state index contributed by atoms with van der Waals surface area (Å²) in [5, 5.41) is 0. The van der Waals surface area contributed by atoms with Crippen molar-refractivity contribution in [2.45, 2.75) is 19.9 Å². The first-order chi connectivity index (χ1) is 7.16. The number of nitrogens with zero attached hydrogens (tertiary/aromatic N) is 1. The summed E-state index contributed by atoms with van der Waals surface area (Å²) in [5.41, 5.74) is 5.92. The normalized spacial score (nSPS) is 13.3. The zero-order valence-electron chi connectivity index (χ0n) is 9.05. The lowest BCUT2D eigenvalue weighted by Gasteiger charge is -2.14. The van der Waals surface area contributed by atoms with Crippen LogP contribution in [0.25, 0.3) is 0 Å². The van der Waals surface area contributed by atoms with Crippen molar-refractivity contribution in [3.63, 3.8) is 0 Å². The van der Waals surface area contributed by atoms with Gasteiger partial charge in [-0.2, -0.15) is 0 Å². The summed E-state index contributed by atoms with van der Waals surface area (Å²) in [7, 11) is 0. The molecule has 0 fully saturated rings. The molecule has 2 N–H and O–H groups in total. The molecule has 0 aliphatic heterocycles. The minimum atomic E-state index is -0.377. The van der Waals surface area contributed by atoms with Crippen LogP contribution >= 0.6 is 0 Å². The van der Waals surface area contributed by atoms with Crippen molar-refractivity contribution < 1.29 is 4.79 Å². The predicted octanol–water partition coefficient (Wildman–Crippen LogP) is 1.88. The van der Waals surface area contributed by atoms with Crippen molar-refractivity contribution in [3.05, 3.63) is 35.9 Å². The van der Waals surface area contributed by atoms with Gasteiger partial charge in [0.15, 0.2) is 5.78 Å². The van der Waals surface area contributed by atoms with Crippen molar-refractivity contribution in [2.75, 3.05) is 0 Å². The van der Waals surface area contributed by atoms with E-state index in [2.05, 4.69) is 4.99 Å². The summed E-state index contributed by atoms with van der Waals surface area (Å²) in [6.07, 6.45) is 1.20. The molecule has 0 saturated carbocycles. The molecule has 0 amide bonds. The second kappa shape index (κ2) is 5.29. The number of hydrogen-bond acceptors (Lipinski definition) is 2. The third kappa shape index (κ3) is 2.91. The van der Waals surface area contributed by atoms with E-state index >= 15 is 0 Å². The van der Waals surface area contributed by atoms with Crippen molar-refractivity contribution in [1.82, 2.24) is 0 Å². The highest BCUT2D eigenvalue weighted by Crippen LogP contribution is 2.13. The topological polar surface area (TPSA) is 55.4 Å². The molecule has 0 bridgehead atoms. The fourth-order valence-electron chi connectivity index (χ4n) is 1.41. The summed E-state index contributed by atoms with van der Waals surface area (Å²) >= 11 is 0. The molecule has 0 radical (unpaired) electrons. The third-order valence-electron chi connectivity index (χ3n) is 2.21. The molecule has 0 aliphatic carbocycles. The molecule has 80 valence electrons. The Hall–Kier alpha value is -1.64. The van der Waals surface area contributed by atoms with E-state index < -0.39 is 0 Å². The predicted molar refractivity (Wildman–Crippen MR) is 62.1 cm³/mol. The van der Waals surface area contributed by atoms with E-state index in [4.69, 9.17) is 5.73 Å². The average molecular weight is 204 g/mol. The van der Waals surface area contributed by atoms with Gasteiger partial charge in [0.2, 0.25) is 0 Å². The average Bonchev–Trinajstić information content (AvgIpc) is 2.26. The van der Waals surface area contributed by atoms with Crippen LogP contribution in [-0.4, -0.2) is 18.2 Å². The summed E-state index contributed by atoms with van der Waals surface area (Å²) in [5.74, 6) is 0.171. The minimum absolute atomic E-state index is 0.0206. The Balaban J connectivity index is 2.91. The Morgan fingerprint density at radius 2 is 1.93 bits per heavy atom. The number of ketones is 1. The Kier molecular flexibility index (Phi) is 4.03. The molecule has 3 heteroatoms. The van der Waals surface area contributed by atoms with Gasteiger partial charge in [0.25, 0.3) is 0 Å². The van der Waals surface area contributed by atoms with Gasteiger partial charge < -0.3 is 5.73 Å². The molecule has 1 aromatic carbocycles. The van der Waals surface area contributed by atoms with Gasteiger partial charge in [-0.3, -0.25) is 9.79 Å². The third-order valence-corrected chi connectivity index (χ3v) is 2.21. The lowest BCUT2D eigenvalue weighted by Crippen LogP contribution is -2.25. The van der Waals surface area contributed by atoms with Crippen LogP contribution in [0.2, 0.25) is 0 Å². The molecule has 0 saturated heterocycles. The molecule has 0 aliphatic rings. The minimum Gasteiger partial charge on any atom is -0.390 e. The molecule has 0 spiro atoms. The SMILES string of the molecule is CC(C)C(N=CN)C(=O)c1ccccc1. The Morgan fingerprint density at radius 1 is 1.33 bits per heavy atom. The van der Waals surface area contributed by atoms with Gasteiger partial charge in [0, 0.05) is 5.56 Å². The Labute approximate surface area is 90.0 Å². The van der Waals surface area contributed by atoms with E-state index in [1.165, 1.54) is 6.34 Å². The number of hydrogen-bond donors (Lipinski definition) is 1. The number of carbonyl (C=O) groups excluding carboxylic acids is 1.